The third-order valence-corrected chi connectivity index (χ3v) is 13.0. The van der Waals surface area contributed by atoms with Crippen LogP contribution in [0.1, 0.15) is 0 Å². The molecule has 0 aliphatic carbocycles. The van der Waals surface area contributed by atoms with Crippen molar-refractivity contribution in [1.82, 2.24) is 0 Å². The van der Waals surface area contributed by atoms with Crippen LogP contribution in [0.4, 0.5) is 17.1 Å². The van der Waals surface area contributed by atoms with Crippen molar-refractivity contribution in [2.24, 2.45) is 0 Å². The molecule has 0 spiro atoms. The molecular weight excluding hydrogens is 735 g/mol. The molecule has 59 heavy (non-hydrogen) atoms. The van der Waals surface area contributed by atoms with Crippen molar-refractivity contribution in [3.8, 4) is 33.4 Å². The summed E-state index contributed by atoms with van der Waals surface area (Å²) in [6.45, 7) is 0. The molecular formula is C56H35NOS. The highest BCUT2D eigenvalue weighted by Crippen LogP contribution is 2.49. The van der Waals surface area contributed by atoms with Gasteiger partial charge in [-0.25, -0.2) is 0 Å². The van der Waals surface area contributed by atoms with E-state index in [4.69, 9.17) is 4.42 Å². The molecule has 12 rings (SSSR count). The summed E-state index contributed by atoms with van der Waals surface area (Å²) >= 11 is 1.88. The Balaban J connectivity index is 1.07. The van der Waals surface area contributed by atoms with Gasteiger partial charge in [0.1, 0.15) is 11.2 Å². The second kappa shape index (κ2) is 13.6. The molecule has 0 unspecified atom stereocenters. The molecule has 0 aliphatic rings. The third-order valence-electron chi connectivity index (χ3n) is 11.9. The first-order chi connectivity index (χ1) is 29.2. The normalized spacial score (nSPS) is 11.7. The zero-order valence-corrected chi connectivity index (χ0v) is 32.8. The van der Waals surface area contributed by atoms with Crippen molar-refractivity contribution in [3.05, 3.63) is 212 Å². The van der Waals surface area contributed by atoms with Crippen LogP contribution in [0.15, 0.2) is 217 Å². The zero-order valence-electron chi connectivity index (χ0n) is 32.0. The van der Waals surface area contributed by atoms with Crippen LogP contribution in [0.25, 0.3) is 97.0 Å². The van der Waals surface area contributed by atoms with E-state index in [-0.39, 0.29) is 0 Å². The average Bonchev–Trinajstić information content (AvgIpc) is 3.88. The molecule has 0 aliphatic heterocycles. The standard InChI is InChI=1S/C56H35NOS/c1-3-11-36(12-4-1)42-25-29-49-54(34-42)59-56-46(38-13-5-2-6-14-38)31-32-51(55(49)56)57(44-28-30-48-47-17-9-10-18-52(47)58-53(48)35-44)43-26-23-37(24-27-43)41-22-21-40-20-19-39-15-7-8-16-45(39)50(40)33-41/h1-35H. The Labute approximate surface area is 345 Å². The lowest BCUT2D eigenvalue weighted by Crippen LogP contribution is -2.10. The summed E-state index contributed by atoms with van der Waals surface area (Å²) < 4.78 is 9.04. The summed E-state index contributed by atoms with van der Waals surface area (Å²) in [5, 5.41) is 9.77. The van der Waals surface area contributed by atoms with Crippen molar-refractivity contribution in [2.75, 3.05) is 4.90 Å². The van der Waals surface area contributed by atoms with E-state index in [0.29, 0.717) is 0 Å². The van der Waals surface area contributed by atoms with Gasteiger partial charge < -0.3 is 9.32 Å². The lowest BCUT2D eigenvalue weighted by atomic mass is 9.97. The van der Waals surface area contributed by atoms with E-state index in [1.165, 1.54) is 75.1 Å². The molecule has 0 N–H and O–H groups in total. The minimum atomic E-state index is 0.869. The van der Waals surface area contributed by atoms with Gasteiger partial charge in [-0.3, -0.25) is 0 Å². The molecule has 3 heteroatoms. The summed E-state index contributed by atoms with van der Waals surface area (Å²) in [4.78, 5) is 2.42. The first-order valence-corrected chi connectivity index (χ1v) is 20.9. The van der Waals surface area contributed by atoms with Crippen LogP contribution in [0.3, 0.4) is 0 Å². The maximum absolute atomic E-state index is 6.51. The number of nitrogens with zero attached hydrogens (tertiary/aromatic N) is 1. The Kier molecular flexibility index (Phi) is 7.75. The number of hydrogen-bond donors (Lipinski definition) is 0. The van der Waals surface area contributed by atoms with Crippen molar-refractivity contribution in [3.63, 3.8) is 0 Å². The van der Waals surface area contributed by atoms with Crippen molar-refractivity contribution in [1.29, 1.82) is 0 Å². The highest BCUT2D eigenvalue weighted by atomic mass is 32.1. The van der Waals surface area contributed by atoms with E-state index in [0.717, 1.165) is 39.0 Å². The van der Waals surface area contributed by atoms with Crippen LogP contribution in [0.2, 0.25) is 0 Å². The Hall–Kier alpha value is -7.46. The van der Waals surface area contributed by atoms with Gasteiger partial charge in [0.15, 0.2) is 0 Å². The fraction of sp³-hybridized carbons (Fsp3) is 0. The smallest absolute Gasteiger partial charge is 0.137 e. The van der Waals surface area contributed by atoms with Crippen LogP contribution in [0, 0.1) is 0 Å². The van der Waals surface area contributed by atoms with Gasteiger partial charge in [-0.15, -0.1) is 11.3 Å². The molecule has 12 aromatic rings. The van der Waals surface area contributed by atoms with Gasteiger partial charge in [-0.1, -0.05) is 158 Å². The molecule has 10 aromatic carbocycles. The maximum atomic E-state index is 6.51. The molecule has 0 fully saturated rings. The minimum absolute atomic E-state index is 0.869. The molecule has 0 radical (unpaired) electrons. The monoisotopic (exact) mass is 769 g/mol. The number of para-hydroxylation sites is 1. The molecule has 2 heterocycles. The molecule has 2 aromatic heterocycles. The number of rotatable bonds is 6. The van der Waals surface area contributed by atoms with E-state index >= 15 is 0 Å². The first-order valence-electron chi connectivity index (χ1n) is 20.1. The van der Waals surface area contributed by atoms with Gasteiger partial charge >= 0.3 is 0 Å². The van der Waals surface area contributed by atoms with E-state index in [2.05, 4.69) is 205 Å². The van der Waals surface area contributed by atoms with Gasteiger partial charge in [0.25, 0.3) is 0 Å². The maximum Gasteiger partial charge on any atom is 0.137 e. The van der Waals surface area contributed by atoms with Crippen molar-refractivity contribution >= 4 is 92.1 Å². The van der Waals surface area contributed by atoms with Crippen molar-refractivity contribution in [2.45, 2.75) is 0 Å². The average molecular weight is 770 g/mol. The summed E-state index contributed by atoms with van der Waals surface area (Å²) in [7, 11) is 0. The second-order valence-electron chi connectivity index (χ2n) is 15.3. The predicted octanol–water partition coefficient (Wildman–Crippen LogP) is 16.7. The second-order valence-corrected chi connectivity index (χ2v) is 16.3. The lowest BCUT2D eigenvalue weighted by molar-refractivity contribution is 0.669. The van der Waals surface area contributed by atoms with Crippen molar-refractivity contribution < 1.29 is 4.42 Å². The molecule has 2 nitrogen and oxygen atoms in total. The first kappa shape index (κ1) is 33.7. The van der Waals surface area contributed by atoms with Gasteiger partial charge in [0.2, 0.25) is 0 Å². The highest BCUT2D eigenvalue weighted by Gasteiger charge is 2.22. The van der Waals surface area contributed by atoms with E-state index < -0.39 is 0 Å². The zero-order chi connectivity index (χ0) is 38.9. The van der Waals surface area contributed by atoms with Gasteiger partial charge in [-0.05, 0) is 103 Å². The van der Waals surface area contributed by atoms with Crippen LogP contribution in [-0.4, -0.2) is 0 Å². The Morgan fingerprint density at radius 3 is 1.78 bits per heavy atom. The van der Waals surface area contributed by atoms with Gasteiger partial charge in [0, 0.05) is 48.4 Å². The van der Waals surface area contributed by atoms with Crippen LogP contribution in [-0.2, 0) is 0 Å². The van der Waals surface area contributed by atoms with E-state index in [1.807, 2.05) is 23.5 Å². The number of furan rings is 1. The number of thiophene rings is 1. The van der Waals surface area contributed by atoms with Crippen LogP contribution >= 0.6 is 11.3 Å². The Bertz CT molecular complexity index is 3550. The minimum Gasteiger partial charge on any atom is -0.456 e. The molecule has 0 saturated heterocycles. The molecule has 0 bridgehead atoms. The summed E-state index contributed by atoms with van der Waals surface area (Å²) in [6.07, 6.45) is 0. The fourth-order valence-electron chi connectivity index (χ4n) is 8.97. The van der Waals surface area contributed by atoms with E-state index in [9.17, 15) is 0 Å². The predicted molar refractivity (Wildman–Crippen MR) is 253 cm³/mol. The Morgan fingerprint density at radius 2 is 0.949 bits per heavy atom. The summed E-state index contributed by atoms with van der Waals surface area (Å²) in [6, 6.07) is 77.0. The molecule has 0 saturated carbocycles. The number of anilines is 3. The summed E-state index contributed by atoms with van der Waals surface area (Å²) in [5.74, 6) is 0. The Morgan fingerprint density at radius 1 is 0.356 bits per heavy atom. The van der Waals surface area contributed by atoms with Gasteiger partial charge in [0.05, 0.1) is 5.69 Å². The van der Waals surface area contributed by atoms with E-state index in [1.54, 1.807) is 0 Å². The molecule has 0 amide bonds. The SMILES string of the molecule is c1ccc(-c2ccc3c(c2)sc2c(-c4ccccc4)ccc(N(c4ccc(-c5ccc6ccc7ccccc7c6c5)cc4)c4ccc5c(c4)oc4ccccc45)c23)cc1. The van der Waals surface area contributed by atoms with Crippen LogP contribution in [0.5, 0.6) is 0 Å². The van der Waals surface area contributed by atoms with Gasteiger partial charge in [-0.2, -0.15) is 0 Å². The molecule has 276 valence electrons. The largest absolute Gasteiger partial charge is 0.456 e. The number of fused-ring (bicyclic) bond motifs is 9. The number of benzene rings is 10. The highest BCUT2D eigenvalue weighted by molar-refractivity contribution is 7.26. The summed E-state index contributed by atoms with van der Waals surface area (Å²) in [5.41, 5.74) is 12.3. The number of hydrogen-bond acceptors (Lipinski definition) is 3. The topological polar surface area (TPSA) is 16.4 Å². The molecule has 0 atom stereocenters. The van der Waals surface area contributed by atoms with Crippen LogP contribution < -0.4 is 4.90 Å². The fourth-order valence-corrected chi connectivity index (χ4v) is 10.3. The quantitative estimate of drug-likeness (QED) is 0.157. The third kappa shape index (κ3) is 5.62. The lowest BCUT2D eigenvalue weighted by Gasteiger charge is -2.27.